The number of carbonyl (C=O) groups is 2. The summed E-state index contributed by atoms with van der Waals surface area (Å²) in [5.74, 6) is 0.348. The molecule has 1 heterocycles. The monoisotopic (exact) mass is 291 g/mol. The highest BCUT2D eigenvalue weighted by Gasteiger charge is 2.26. The molecule has 1 aliphatic heterocycles. The molecule has 5 nitrogen and oxygen atoms in total. The molecule has 0 spiro atoms. The van der Waals surface area contributed by atoms with Gasteiger partial charge in [0.2, 0.25) is 11.8 Å². The van der Waals surface area contributed by atoms with Crippen LogP contribution in [0.1, 0.15) is 44.3 Å². The summed E-state index contributed by atoms with van der Waals surface area (Å²) in [5.41, 5.74) is 0.670. The second-order valence-electron chi connectivity index (χ2n) is 5.12. The number of amides is 2. The maximum Gasteiger partial charge on any atom is 0.229 e. The van der Waals surface area contributed by atoms with Gasteiger partial charge in [-0.15, -0.1) is 0 Å². The van der Waals surface area contributed by atoms with Gasteiger partial charge in [-0.05, 0) is 37.5 Å². The largest absolute Gasteiger partial charge is 0.494 e. The van der Waals surface area contributed by atoms with E-state index in [9.17, 15) is 14.7 Å². The summed E-state index contributed by atoms with van der Waals surface area (Å²) >= 11 is 0. The summed E-state index contributed by atoms with van der Waals surface area (Å²) in [4.78, 5) is 25.0. The van der Waals surface area contributed by atoms with Crippen LogP contribution in [0.3, 0.4) is 0 Å². The molecule has 0 radical (unpaired) electrons. The molecule has 0 aromatic heterocycles. The Hall–Kier alpha value is -1.88. The first-order valence-electron chi connectivity index (χ1n) is 7.36. The molecule has 1 unspecified atom stereocenters. The predicted molar refractivity (Wildman–Crippen MR) is 77.8 cm³/mol. The van der Waals surface area contributed by atoms with Crippen LogP contribution >= 0.6 is 0 Å². The third-order valence-corrected chi connectivity index (χ3v) is 3.56. The molecule has 1 aromatic rings. The molecule has 1 N–H and O–H groups in total. The predicted octanol–water partition coefficient (Wildman–Crippen LogP) is 2.05. The van der Waals surface area contributed by atoms with Crippen LogP contribution in [0.25, 0.3) is 0 Å². The first-order chi connectivity index (χ1) is 10.1. The van der Waals surface area contributed by atoms with Crippen LogP contribution in [0.2, 0.25) is 0 Å². The average Bonchev–Trinajstić information content (AvgIpc) is 2.63. The Kier molecular flexibility index (Phi) is 5.33. The molecule has 21 heavy (non-hydrogen) atoms. The van der Waals surface area contributed by atoms with Gasteiger partial charge in [-0.25, -0.2) is 0 Å². The lowest BCUT2D eigenvalue weighted by molar-refractivity contribution is -0.145. The smallest absolute Gasteiger partial charge is 0.229 e. The van der Waals surface area contributed by atoms with Crippen LogP contribution in [0.4, 0.5) is 0 Å². The van der Waals surface area contributed by atoms with Crippen molar-refractivity contribution >= 4 is 11.8 Å². The van der Waals surface area contributed by atoms with E-state index in [4.69, 9.17) is 4.74 Å². The van der Waals surface area contributed by atoms with Gasteiger partial charge in [-0.2, -0.15) is 0 Å². The van der Waals surface area contributed by atoms with E-state index in [0.717, 1.165) is 18.6 Å². The maximum absolute atomic E-state index is 11.9. The number of carbonyl (C=O) groups excluding carboxylic acids is 2. The molecule has 0 aliphatic carbocycles. The Labute approximate surface area is 124 Å². The maximum atomic E-state index is 11.9. The molecule has 2 rings (SSSR count). The van der Waals surface area contributed by atoms with Crippen molar-refractivity contribution in [1.29, 1.82) is 0 Å². The van der Waals surface area contributed by atoms with Crippen molar-refractivity contribution < 1.29 is 19.4 Å². The first kappa shape index (κ1) is 15.5. The fraction of sp³-hybridized carbons (Fsp3) is 0.500. The zero-order chi connectivity index (χ0) is 15.2. The minimum atomic E-state index is -0.869. The van der Waals surface area contributed by atoms with Crippen molar-refractivity contribution in [3.8, 4) is 5.75 Å². The molecule has 1 aromatic carbocycles. The number of β-amino-alcohol motifs (C(OH)–C–C–N with tert-alkyl or cyclic N) is 1. The topological polar surface area (TPSA) is 66.8 Å². The minimum absolute atomic E-state index is 0.0195. The van der Waals surface area contributed by atoms with Gasteiger partial charge in [0, 0.05) is 12.8 Å². The van der Waals surface area contributed by atoms with Gasteiger partial charge in [0.25, 0.3) is 0 Å². The average molecular weight is 291 g/mol. The van der Waals surface area contributed by atoms with E-state index in [1.807, 2.05) is 6.92 Å². The third kappa shape index (κ3) is 4.04. The fourth-order valence-corrected chi connectivity index (χ4v) is 2.40. The standard InChI is InChI=1S/C16H21NO4/c1-2-21-13-9-7-12(8-10-13)14(18)11-17-15(19)5-3-4-6-16(17)20/h7-10,14,18H,2-6,11H2,1H3. The fourth-order valence-electron chi connectivity index (χ4n) is 2.40. The number of nitrogens with zero attached hydrogens (tertiary/aromatic N) is 1. The van der Waals surface area contributed by atoms with Crippen molar-refractivity contribution in [3.63, 3.8) is 0 Å². The molecular formula is C16H21NO4. The third-order valence-electron chi connectivity index (χ3n) is 3.56. The Balaban J connectivity index is 2.03. The highest BCUT2D eigenvalue weighted by Crippen LogP contribution is 2.21. The lowest BCUT2D eigenvalue weighted by Crippen LogP contribution is -2.38. The Bertz CT molecular complexity index is 480. The van der Waals surface area contributed by atoms with Crippen LogP contribution in [0, 0.1) is 0 Å². The lowest BCUT2D eigenvalue weighted by atomic mass is 10.1. The molecule has 1 atom stereocenters. The molecule has 114 valence electrons. The van der Waals surface area contributed by atoms with Crippen LogP contribution < -0.4 is 4.74 Å². The number of aliphatic hydroxyl groups is 1. The second-order valence-corrected chi connectivity index (χ2v) is 5.12. The van der Waals surface area contributed by atoms with E-state index in [1.54, 1.807) is 24.3 Å². The Morgan fingerprint density at radius 1 is 1.14 bits per heavy atom. The van der Waals surface area contributed by atoms with Gasteiger partial charge in [0.05, 0.1) is 19.3 Å². The van der Waals surface area contributed by atoms with Crippen molar-refractivity contribution in [2.75, 3.05) is 13.2 Å². The van der Waals surface area contributed by atoms with Crippen molar-refractivity contribution in [1.82, 2.24) is 4.90 Å². The van der Waals surface area contributed by atoms with Crippen LogP contribution in [-0.2, 0) is 9.59 Å². The van der Waals surface area contributed by atoms with Crippen molar-refractivity contribution in [2.24, 2.45) is 0 Å². The molecular weight excluding hydrogens is 270 g/mol. The number of rotatable bonds is 5. The van der Waals surface area contributed by atoms with Gasteiger partial charge in [-0.1, -0.05) is 12.1 Å². The number of hydrogen-bond donors (Lipinski definition) is 1. The molecule has 0 saturated carbocycles. The minimum Gasteiger partial charge on any atom is -0.494 e. The quantitative estimate of drug-likeness (QED) is 0.843. The number of aliphatic hydroxyl groups excluding tert-OH is 1. The normalized spacial score (nSPS) is 17.5. The van der Waals surface area contributed by atoms with Gasteiger partial charge in [0.15, 0.2) is 0 Å². The van der Waals surface area contributed by atoms with E-state index in [0.29, 0.717) is 25.0 Å². The molecule has 5 heteroatoms. The first-order valence-corrected chi connectivity index (χ1v) is 7.36. The molecule has 1 aliphatic rings. The molecule has 2 amide bonds. The highest BCUT2D eigenvalue weighted by molar-refractivity contribution is 5.96. The number of likely N-dealkylation sites (tertiary alicyclic amines) is 1. The molecule has 1 fully saturated rings. The van der Waals surface area contributed by atoms with Crippen molar-refractivity contribution in [2.45, 2.75) is 38.7 Å². The van der Waals surface area contributed by atoms with E-state index in [-0.39, 0.29) is 18.4 Å². The summed E-state index contributed by atoms with van der Waals surface area (Å²) in [6, 6.07) is 7.05. The number of imide groups is 1. The van der Waals surface area contributed by atoms with Gasteiger partial charge < -0.3 is 9.84 Å². The van der Waals surface area contributed by atoms with Gasteiger partial charge >= 0.3 is 0 Å². The van der Waals surface area contributed by atoms with Gasteiger partial charge in [-0.3, -0.25) is 14.5 Å². The number of hydrogen-bond acceptors (Lipinski definition) is 4. The second kappa shape index (κ2) is 7.22. The SMILES string of the molecule is CCOc1ccc(C(O)CN2C(=O)CCCCC2=O)cc1. The summed E-state index contributed by atoms with van der Waals surface area (Å²) in [7, 11) is 0. The van der Waals surface area contributed by atoms with Crippen molar-refractivity contribution in [3.05, 3.63) is 29.8 Å². The number of benzene rings is 1. The summed E-state index contributed by atoms with van der Waals surface area (Å²) in [6.07, 6.45) is 1.36. The Morgan fingerprint density at radius 2 is 1.71 bits per heavy atom. The van der Waals surface area contributed by atoms with E-state index < -0.39 is 6.10 Å². The van der Waals surface area contributed by atoms with E-state index >= 15 is 0 Å². The summed E-state index contributed by atoms with van der Waals surface area (Å²) in [5, 5.41) is 10.2. The van der Waals surface area contributed by atoms with Crippen LogP contribution in [-0.4, -0.2) is 35.0 Å². The molecule has 1 saturated heterocycles. The highest BCUT2D eigenvalue weighted by atomic mass is 16.5. The zero-order valence-electron chi connectivity index (χ0n) is 12.2. The lowest BCUT2D eigenvalue weighted by Gasteiger charge is -2.22. The zero-order valence-corrected chi connectivity index (χ0v) is 12.2. The molecule has 0 bridgehead atoms. The van der Waals surface area contributed by atoms with Crippen LogP contribution in [0.15, 0.2) is 24.3 Å². The van der Waals surface area contributed by atoms with Crippen LogP contribution in [0.5, 0.6) is 5.75 Å². The number of ether oxygens (including phenoxy) is 1. The summed E-state index contributed by atoms with van der Waals surface area (Å²) in [6.45, 7) is 2.50. The summed E-state index contributed by atoms with van der Waals surface area (Å²) < 4.78 is 5.34. The van der Waals surface area contributed by atoms with E-state index in [2.05, 4.69) is 0 Å². The van der Waals surface area contributed by atoms with Gasteiger partial charge in [0.1, 0.15) is 5.75 Å². The van der Waals surface area contributed by atoms with E-state index in [1.165, 1.54) is 4.90 Å². The Morgan fingerprint density at radius 3 is 2.24 bits per heavy atom.